The van der Waals surface area contributed by atoms with Crippen LogP contribution in [0.25, 0.3) is 0 Å². The summed E-state index contributed by atoms with van der Waals surface area (Å²) in [7, 11) is 0. The van der Waals surface area contributed by atoms with E-state index >= 15 is 0 Å². The number of nitrogens with zero attached hydrogens (tertiary/aromatic N) is 1. The number of anilines is 1. The third-order valence-corrected chi connectivity index (χ3v) is 4.33. The van der Waals surface area contributed by atoms with Crippen LogP contribution in [0.15, 0.2) is 18.2 Å². The molecule has 2 atom stereocenters. The number of carbonyl (C=O) groups is 1. The second-order valence-corrected chi connectivity index (χ2v) is 6.21. The molecule has 0 radical (unpaired) electrons. The first-order valence-corrected chi connectivity index (χ1v) is 8.13. The van der Waals surface area contributed by atoms with Crippen molar-refractivity contribution in [2.24, 2.45) is 11.8 Å². The molecule has 0 bridgehead atoms. The van der Waals surface area contributed by atoms with Gasteiger partial charge in [0.05, 0.1) is 0 Å². The standard InChI is InChI=1S/C17H27N3O/c1-4-18-16-11-7-10-15(19-16)17(21)20-14-9-6-5-8-13(14)12(2)3/h7,10-14H,4-6,8-9H2,1-3H3,(H,18,19)(H,20,21). The molecule has 0 aliphatic heterocycles. The molecule has 0 saturated heterocycles. The van der Waals surface area contributed by atoms with Crippen molar-refractivity contribution in [1.82, 2.24) is 10.3 Å². The van der Waals surface area contributed by atoms with Crippen molar-refractivity contribution < 1.29 is 4.79 Å². The molecule has 2 N–H and O–H groups in total. The van der Waals surface area contributed by atoms with E-state index in [0.29, 0.717) is 17.5 Å². The highest BCUT2D eigenvalue weighted by atomic mass is 16.1. The van der Waals surface area contributed by atoms with Gasteiger partial charge in [0.2, 0.25) is 0 Å². The summed E-state index contributed by atoms with van der Waals surface area (Å²) in [6.45, 7) is 7.32. The summed E-state index contributed by atoms with van der Waals surface area (Å²) in [6.07, 6.45) is 4.79. The molecule has 1 aromatic heterocycles. The van der Waals surface area contributed by atoms with Crippen LogP contribution in [0.2, 0.25) is 0 Å². The van der Waals surface area contributed by atoms with Gasteiger partial charge < -0.3 is 10.6 Å². The van der Waals surface area contributed by atoms with Crippen LogP contribution in [-0.4, -0.2) is 23.5 Å². The predicted molar refractivity (Wildman–Crippen MR) is 86.5 cm³/mol. The highest BCUT2D eigenvalue weighted by Gasteiger charge is 2.29. The highest BCUT2D eigenvalue weighted by molar-refractivity contribution is 5.92. The second kappa shape index (κ2) is 7.43. The van der Waals surface area contributed by atoms with Crippen LogP contribution in [0.1, 0.15) is 56.9 Å². The monoisotopic (exact) mass is 289 g/mol. The molecule has 1 aromatic rings. The summed E-state index contributed by atoms with van der Waals surface area (Å²) < 4.78 is 0. The van der Waals surface area contributed by atoms with Gasteiger partial charge in [0.1, 0.15) is 11.5 Å². The molecule has 116 valence electrons. The zero-order valence-corrected chi connectivity index (χ0v) is 13.4. The lowest BCUT2D eigenvalue weighted by Gasteiger charge is -2.34. The maximum Gasteiger partial charge on any atom is 0.270 e. The molecule has 1 heterocycles. The Hall–Kier alpha value is -1.58. The first-order valence-electron chi connectivity index (χ1n) is 8.13. The Morgan fingerprint density at radius 2 is 2.10 bits per heavy atom. The Bertz CT molecular complexity index is 473. The van der Waals surface area contributed by atoms with E-state index in [1.165, 1.54) is 19.3 Å². The summed E-state index contributed by atoms with van der Waals surface area (Å²) in [5.74, 6) is 1.90. The van der Waals surface area contributed by atoms with Crippen molar-refractivity contribution >= 4 is 11.7 Å². The van der Waals surface area contributed by atoms with E-state index in [-0.39, 0.29) is 11.9 Å². The van der Waals surface area contributed by atoms with Gasteiger partial charge in [-0.3, -0.25) is 4.79 Å². The van der Waals surface area contributed by atoms with E-state index in [1.807, 2.05) is 19.1 Å². The van der Waals surface area contributed by atoms with Gasteiger partial charge >= 0.3 is 0 Å². The summed E-state index contributed by atoms with van der Waals surface area (Å²) >= 11 is 0. The van der Waals surface area contributed by atoms with E-state index in [0.717, 1.165) is 18.8 Å². The molecule has 2 rings (SSSR count). The Labute approximate surface area is 127 Å². The average Bonchev–Trinajstić information content (AvgIpc) is 2.48. The fraction of sp³-hybridized carbons (Fsp3) is 0.647. The first kappa shape index (κ1) is 15.8. The molecule has 1 aliphatic rings. The number of carbonyl (C=O) groups excluding carboxylic acids is 1. The third-order valence-electron chi connectivity index (χ3n) is 4.33. The average molecular weight is 289 g/mol. The third kappa shape index (κ3) is 4.19. The Morgan fingerprint density at radius 3 is 2.81 bits per heavy atom. The highest BCUT2D eigenvalue weighted by Crippen LogP contribution is 2.30. The van der Waals surface area contributed by atoms with Crippen molar-refractivity contribution in [2.75, 3.05) is 11.9 Å². The Balaban J connectivity index is 2.04. The fourth-order valence-corrected chi connectivity index (χ4v) is 3.22. The van der Waals surface area contributed by atoms with E-state index in [2.05, 4.69) is 29.5 Å². The second-order valence-electron chi connectivity index (χ2n) is 6.21. The van der Waals surface area contributed by atoms with Gasteiger partial charge in [-0.1, -0.05) is 32.8 Å². The quantitative estimate of drug-likeness (QED) is 0.873. The van der Waals surface area contributed by atoms with Gasteiger partial charge in [0.25, 0.3) is 5.91 Å². The van der Waals surface area contributed by atoms with Crippen LogP contribution in [-0.2, 0) is 0 Å². The van der Waals surface area contributed by atoms with E-state index in [1.54, 1.807) is 6.07 Å². The molecule has 0 spiro atoms. The van der Waals surface area contributed by atoms with Crippen LogP contribution >= 0.6 is 0 Å². The van der Waals surface area contributed by atoms with E-state index in [9.17, 15) is 4.79 Å². The van der Waals surface area contributed by atoms with Crippen molar-refractivity contribution in [3.63, 3.8) is 0 Å². The summed E-state index contributed by atoms with van der Waals surface area (Å²) in [5, 5.41) is 6.35. The van der Waals surface area contributed by atoms with Gasteiger partial charge in [-0.05, 0) is 43.7 Å². The van der Waals surface area contributed by atoms with Gasteiger partial charge in [-0.15, -0.1) is 0 Å². The lowest BCUT2D eigenvalue weighted by Crippen LogP contribution is -2.44. The molecular formula is C17H27N3O. The minimum Gasteiger partial charge on any atom is -0.370 e. The number of pyridine rings is 1. The zero-order chi connectivity index (χ0) is 15.2. The van der Waals surface area contributed by atoms with Crippen LogP contribution in [0.3, 0.4) is 0 Å². The van der Waals surface area contributed by atoms with Gasteiger partial charge in [0, 0.05) is 12.6 Å². The van der Waals surface area contributed by atoms with Crippen molar-refractivity contribution in [1.29, 1.82) is 0 Å². The number of aromatic nitrogens is 1. The molecule has 1 fully saturated rings. The van der Waals surface area contributed by atoms with Crippen LogP contribution in [0.4, 0.5) is 5.82 Å². The number of hydrogen-bond acceptors (Lipinski definition) is 3. The smallest absolute Gasteiger partial charge is 0.270 e. The molecule has 2 unspecified atom stereocenters. The summed E-state index contributed by atoms with van der Waals surface area (Å²) in [4.78, 5) is 16.8. The molecule has 4 heteroatoms. The molecule has 1 aliphatic carbocycles. The zero-order valence-electron chi connectivity index (χ0n) is 13.4. The summed E-state index contributed by atoms with van der Waals surface area (Å²) in [5.41, 5.74) is 0.501. The van der Waals surface area contributed by atoms with Crippen molar-refractivity contribution in [2.45, 2.75) is 52.5 Å². The van der Waals surface area contributed by atoms with Gasteiger partial charge in [-0.25, -0.2) is 4.98 Å². The SMILES string of the molecule is CCNc1cccc(C(=O)NC2CCCCC2C(C)C)n1. The van der Waals surface area contributed by atoms with Crippen LogP contribution < -0.4 is 10.6 Å². The van der Waals surface area contributed by atoms with Crippen molar-refractivity contribution in [3.05, 3.63) is 23.9 Å². The molecule has 4 nitrogen and oxygen atoms in total. The number of nitrogens with one attached hydrogen (secondary N) is 2. The lowest BCUT2D eigenvalue weighted by atomic mass is 9.78. The van der Waals surface area contributed by atoms with Gasteiger partial charge in [0.15, 0.2) is 0 Å². The largest absolute Gasteiger partial charge is 0.370 e. The van der Waals surface area contributed by atoms with E-state index < -0.39 is 0 Å². The summed E-state index contributed by atoms with van der Waals surface area (Å²) in [6, 6.07) is 5.83. The fourth-order valence-electron chi connectivity index (χ4n) is 3.22. The van der Waals surface area contributed by atoms with Gasteiger partial charge in [-0.2, -0.15) is 0 Å². The number of hydrogen-bond donors (Lipinski definition) is 2. The Kier molecular flexibility index (Phi) is 5.59. The Morgan fingerprint density at radius 1 is 1.33 bits per heavy atom. The van der Waals surface area contributed by atoms with Crippen molar-refractivity contribution in [3.8, 4) is 0 Å². The molecule has 1 amide bonds. The molecule has 1 saturated carbocycles. The minimum atomic E-state index is -0.0488. The normalized spacial score (nSPS) is 22.1. The lowest BCUT2D eigenvalue weighted by molar-refractivity contribution is 0.0884. The topological polar surface area (TPSA) is 54.0 Å². The maximum atomic E-state index is 12.4. The molecule has 0 aromatic carbocycles. The van der Waals surface area contributed by atoms with Crippen LogP contribution in [0, 0.1) is 11.8 Å². The van der Waals surface area contributed by atoms with E-state index in [4.69, 9.17) is 0 Å². The number of amides is 1. The maximum absolute atomic E-state index is 12.4. The first-order chi connectivity index (χ1) is 10.1. The number of rotatable bonds is 5. The minimum absolute atomic E-state index is 0.0488. The molecular weight excluding hydrogens is 262 g/mol. The molecule has 21 heavy (non-hydrogen) atoms. The van der Waals surface area contributed by atoms with Crippen LogP contribution in [0.5, 0.6) is 0 Å². The predicted octanol–water partition coefficient (Wildman–Crippen LogP) is 3.46.